The van der Waals surface area contributed by atoms with E-state index in [-0.39, 0.29) is 12.4 Å². The summed E-state index contributed by atoms with van der Waals surface area (Å²) in [5.41, 5.74) is 0. The molecule has 0 fully saturated rings. The highest BCUT2D eigenvalue weighted by Crippen LogP contribution is 1.90. The Hall–Kier alpha value is -0.890. The summed E-state index contributed by atoms with van der Waals surface area (Å²) in [5.74, 6) is -0.246. The number of ether oxygens (including phenoxy) is 10. The summed E-state index contributed by atoms with van der Waals surface area (Å²) < 4.78 is 53.5. The fraction of sp³-hybridized carbons (Fsp3) is 0.960. The van der Waals surface area contributed by atoms with E-state index < -0.39 is 0 Å². The van der Waals surface area contributed by atoms with E-state index in [0.717, 1.165) is 19.4 Å². The van der Waals surface area contributed by atoms with Gasteiger partial charge < -0.3 is 47.4 Å². The van der Waals surface area contributed by atoms with Crippen molar-refractivity contribution >= 4 is 5.97 Å². The molecular formula is C25H50O11. The Morgan fingerprint density at radius 3 is 0.972 bits per heavy atom. The van der Waals surface area contributed by atoms with Crippen molar-refractivity contribution in [1.29, 1.82) is 0 Å². The molecule has 36 heavy (non-hydrogen) atoms. The molecule has 0 aromatic rings. The second kappa shape index (κ2) is 32.1. The van der Waals surface area contributed by atoms with Crippen LogP contribution in [-0.4, -0.2) is 132 Å². The minimum atomic E-state index is -0.246. The lowest BCUT2D eigenvalue weighted by Crippen LogP contribution is -2.15. The molecule has 0 aliphatic heterocycles. The predicted octanol–water partition coefficient (Wildman–Crippen LogP) is 1.89. The van der Waals surface area contributed by atoms with Gasteiger partial charge in [-0.3, -0.25) is 4.79 Å². The summed E-state index contributed by atoms with van der Waals surface area (Å²) in [6.07, 6.45) is 2.50. The summed E-state index contributed by atoms with van der Waals surface area (Å²) in [5, 5.41) is 0. The molecule has 0 bridgehead atoms. The number of esters is 1. The second-order valence-electron chi connectivity index (χ2n) is 7.42. The molecule has 0 saturated heterocycles. The number of hydrogen-bond donors (Lipinski definition) is 0. The van der Waals surface area contributed by atoms with Gasteiger partial charge >= 0.3 is 5.97 Å². The summed E-state index contributed by atoms with van der Waals surface area (Å²) in [6.45, 7) is 13.8. The third-order valence-electron chi connectivity index (χ3n) is 4.37. The Labute approximate surface area is 217 Å². The number of unbranched alkanes of at least 4 members (excludes halogenated alkanes) is 1. The number of carbonyl (C=O) groups is 1. The molecule has 0 saturated carbocycles. The minimum absolute atomic E-state index is 0.246. The van der Waals surface area contributed by atoms with Gasteiger partial charge in [0, 0.05) is 6.61 Å². The average Bonchev–Trinajstić information content (AvgIpc) is 2.88. The van der Waals surface area contributed by atoms with Crippen molar-refractivity contribution in [2.75, 3.05) is 126 Å². The van der Waals surface area contributed by atoms with Gasteiger partial charge in [0.05, 0.1) is 125 Å². The van der Waals surface area contributed by atoms with Crippen LogP contribution in [0.3, 0.4) is 0 Å². The summed E-state index contributed by atoms with van der Waals surface area (Å²) in [7, 11) is 0. The molecule has 11 nitrogen and oxygen atoms in total. The lowest BCUT2D eigenvalue weighted by Gasteiger charge is -2.09. The molecule has 0 unspecified atom stereocenters. The third kappa shape index (κ3) is 31.1. The molecule has 11 heteroatoms. The van der Waals surface area contributed by atoms with E-state index in [9.17, 15) is 4.79 Å². The molecule has 0 amide bonds. The molecule has 0 heterocycles. The Bertz CT molecular complexity index is 427. The van der Waals surface area contributed by atoms with Crippen molar-refractivity contribution in [3.05, 3.63) is 0 Å². The van der Waals surface area contributed by atoms with E-state index in [1.54, 1.807) is 6.92 Å². The van der Waals surface area contributed by atoms with E-state index in [1.807, 2.05) is 0 Å². The maximum absolute atomic E-state index is 11.1. The number of carbonyl (C=O) groups excluding carboxylic acids is 1. The van der Waals surface area contributed by atoms with Gasteiger partial charge in [-0.1, -0.05) is 13.3 Å². The van der Waals surface area contributed by atoms with Crippen LogP contribution < -0.4 is 0 Å². The largest absolute Gasteiger partial charge is 0.466 e. The SMILES string of the molecule is CCCCOCCOCCOCCOCCOCCOCCOCCOCCOCCC(=O)OCC. The van der Waals surface area contributed by atoms with Crippen LogP contribution in [0.25, 0.3) is 0 Å². The molecule has 0 atom stereocenters. The first-order valence-corrected chi connectivity index (χ1v) is 13.2. The van der Waals surface area contributed by atoms with Crippen LogP contribution in [0.2, 0.25) is 0 Å². The highest BCUT2D eigenvalue weighted by Gasteiger charge is 2.00. The molecule has 0 spiro atoms. The maximum Gasteiger partial charge on any atom is 0.308 e. The Balaban J connectivity index is 3.04. The van der Waals surface area contributed by atoms with Crippen molar-refractivity contribution in [1.82, 2.24) is 0 Å². The van der Waals surface area contributed by atoms with E-state index in [2.05, 4.69) is 6.92 Å². The normalized spacial score (nSPS) is 11.3. The molecule has 0 N–H and O–H groups in total. The second-order valence-corrected chi connectivity index (χ2v) is 7.42. The van der Waals surface area contributed by atoms with E-state index in [4.69, 9.17) is 47.4 Å². The highest BCUT2D eigenvalue weighted by atomic mass is 16.6. The Morgan fingerprint density at radius 2 is 0.694 bits per heavy atom. The molecule has 0 aliphatic carbocycles. The lowest BCUT2D eigenvalue weighted by molar-refractivity contribution is -0.144. The Morgan fingerprint density at radius 1 is 0.417 bits per heavy atom. The number of rotatable bonds is 31. The van der Waals surface area contributed by atoms with Crippen LogP contribution in [-0.2, 0) is 52.2 Å². The zero-order valence-electron chi connectivity index (χ0n) is 22.5. The first-order valence-electron chi connectivity index (χ1n) is 13.2. The summed E-state index contributed by atoms with van der Waals surface area (Å²) in [4.78, 5) is 11.1. The zero-order valence-corrected chi connectivity index (χ0v) is 22.5. The van der Waals surface area contributed by atoms with Crippen LogP contribution in [0.5, 0.6) is 0 Å². The van der Waals surface area contributed by atoms with Gasteiger partial charge in [0.25, 0.3) is 0 Å². The molecule has 0 aromatic carbocycles. The molecular weight excluding hydrogens is 476 g/mol. The quantitative estimate of drug-likeness (QED) is 0.0976. The van der Waals surface area contributed by atoms with Gasteiger partial charge in [-0.25, -0.2) is 0 Å². The van der Waals surface area contributed by atoms with Gasteiger partial charge in [0.15, 0.2) is 0 Å². The van der Waals surface area contributed by atoms with Gasteiger partial charge in [0.1, 0.15) is 0 Å². The van der Waals surface area contributed by atoms with Crippen molar-refractivity contribution in [2.45, 2.75) is 33.1 Å². The van der Waals surface area contributed by atoms with Gasteiger partial charge in [-0.05, 0) is 13.3 Å². The van der Waals surface area contributed by atoms with E-state index in [0.29, 0.717) is 119 Å². The predicted molar refractivity (Wildman–Crippen MR) is 134 cm³/mol. The van der Waals surface area contributed by atoms with Gasteiger partial charge in [0.2, 0.25) is 0 Å². The lowest BCUT2D eigenvalue weighted by atomic mass is 10.4. The molecule has 216 valence electrons. The van der Waals surface area contributed by atoms with Crippen LogP contribution in [0.4, 0.5) is 0 Å². The maximum atomic E-state index is 11.1. The highest BCUT2D eigenvalue weighted by molar-refractivity contribution is 5.69. The van der Waals surface area contributed by atoms with Crippen LogP contribution in [0, 0.1) is 0 Å². The van der Waals surface area contributed by atoms with Crippen LogP contribution in [0.1, 0.15) is 33.1 Å². The van der Waals surface area contributed by atoms with Crippen molar-refractivity contribution in [2.24, 2.45) is 0 Å². The monoisotopic (exact) mass is 526 g/mol. The van der Waals surface area contributed by atoms with E-state index >= 15 is 0 Å². The average molecular weight is 527 g/mol. The summed E-state index contributed by atoms with van der Waals surface area (Å²) in [6, 6.07) is 0. The third-order valence-corrected chi connectivity index (χ3v) is 4.37. The smallest absolute Gasteiger partial charge is 0.308 e. The fourth-order valence-electron chi connectivity index (χ4n) is 2.50. The summed E-state index contributed by atoms with van der Waals surface area (Å²) >= 11 is 0. The van der Waals surface area contributed by atoms with Gasteiger partial charge in [-0.2, -0.15) is 0 Å². The molecule has 0 rings (SSSR count). The van der Waals surface area contributed by atoms with E-state index in [1.165, 1.54) is 0 Å². The Kier molecular flexibility index (Phi) is 31.3. The minimum Gasteiger partial charge on any atom is -0.466 e. The molecule has 0 aliphatic rings. The molecule has 0 aromatic heterocycles. The van der Waals surface area contributed by atoms with Crippen LogP contribution in [0.15, 0.2) is 0 Å². The van der Waals surface area contributed by atoms with Crippen molar-refractivity contribution in [3.63, 3.8) is 0 Å². The van der Waals surface area contributed by atoms with Crippen molar-refractivity contribution in [3.8, 4) is 0 Å². The topological polar surface area (TPSA) is 109 Å². The zero-order chi connectivity index (χ0) is 26.2. The van der Waals surface area contributed by atoms with Crippen molar-refractivity contribution < 1.29 is 52.2 Å². The van der Waals surface area contributed by atoms with Crippen LogP contribution >= 0.6 is 0 Å². The molecule has 0 radical (unpaired) electrons. The first-order chi connectivity index (χ1) is 17.8. The first kappa shape index (κ1) is 35.1. The van der Waals surface area contributed by atoms with Gasteiger partial charge in [-0.15, -0.1) is 0 Å². The fourth-order valence-corrected chi connectivity index (χ4v) is 2.50. The standard InChI is InChI=1S/C25H50O11/c1-3-5-7-27-9-11-29-13-15-31-17-19-33-21-23-35-24-22-34-20-18-32-16-14-30-12-10-28-8-6-25(26)36-4-2/h3-24H2,1-2H3. The number of hydrogen-bond acceptors (Lipinski definition) is 11.